The summed E-state index contributed by atoms with van der Waals surface area (Å²) in [5.41, 5.74) is 1.03. The predicted octanol–water partition coefficient (Wildman–Crippen LogP) is 0.575. The zero-order valence-electron chi connectivity index (χ0n) is 7.95. The van der Waals surface area contributed by atoms with Crippen LogP contribution in [0.5, 0.6) is 0 Å². The topological polar surface area (TPSA) is 80.9 Å². The van der Waals surface area contributed by atoms with Gasteiger partial charge in [-0.05, 0) is 12.1 Å². The first-order valence-electron chi connectivity index (χ1n) is 4.23. The minimum atomic E-state index is -1.05. The van der Waals surface area contributed by atoms with E-state index >= 15 is 0 Å². The Morgan fingerprint density at radius 1 is 1.53 bits per heavy atom. The van der Waals surface area contributed by atoms with Crippen LogP contribution >= 0.6 is 0 Å². The van der Waals surface area contributed by atoms with Crippen molar-refractivity contribution in [1.82, 2.24) is 20.0 Å². The number of aryl methyl sites for hydroxylation is 1. The summed E-state index contributed by atoms with van der Waals surface area (Å²) in [4.78, 5) is 14.9. The number of hydrogen-bond donors (Lipinski definition) is 1. The standard InChI is InChI=1S/C9H8N4O2/c1-13-8(9(14)15)7(11-12-13)6-3-2-4-10-5-6/h2-5H,1H3,(H,14,15). The van der Waals surface area contributed by atoms with Crippen LogP contribution in [0, 0.1) is 0 Å². The first kappa shape index (κ1) is 9.32. The van der Waals surface area contributed by atoms with E-state index in [1.165, 1.54) is 11.7 Å². The summed E-state index contributed by atoms with van der Waals surface area (Å²) in [5.74, 6) is -1.05. The first-order chi connectivity index (χ1) is 7.20. The van der Waals surface area contributed by atoms with Gasteiger partial charge in [0.25, 0.3) is 0 Å². The lowest BCUT2D eigenvalue weighted by Crippen LogP contribution is -2.06. The van der Waals surface area contributed by atoms with E-state index in [4.69, 9.17) is 5.11 Å². The maximum absolute atomic E-state index is 11.0. The summed E-state index contributed by atoms with van der Waals surface area (Å²) in [5, 5.41) is 16.4. The molecule has 0 aliphatic heterocycles. The molecule has 2 rings (SSSR count). The van der Waals surface area contributed by atoms with Crippen LogP contribution in [0.3, 0.4) is 0 Å². The van der Waals surface area contributed by atoms with Gasteiger partial charge in [0.15, 0.2) is 5.69 Å². The van der Waals surface area contributed by atoms with Crippen molar-refractivity contribution < 1.29 is 9.90 Å². The fourth-order valence-electron chi connectivity index (χ4n) is 1.29. The fourth-order valence-corrected chi connectivity index (χ4v) is 1.29. The highest BCUT2D eigenvalue weighted by Crippen LogP contribution is 2.18. The summed E-state index contributed by atoms with van der Waals surface area (Å²) in [6.07, 6.45) is 3.16. The molecule has 76 valence electrons. The molecule has 0 atom stereocenters. The summed E-state index contributed by atoms with van der Waals surface area (Å²) in [6.45, 7) is 0. The predicted molar refractivity (Wildman–Crippen MR) is 51.2 cm³/mol. The second-order valence-electron chi connectivity index (χ2n) is 2.96. The lowest BCUT2D eigenvalue weighted by molar-refractivity contribution is 0.0686. The van der Waals surface area contributed by atoms with Crippen LogP contribution in [0.1, 0.15) is 10.5 Å². The highest BCUT2D eigenvalue weighted by molar-refractivity contribution is 5.92. The molecule has 6 nitrogen and oxygen atoms in total. The lowest BCUT2D eigenvalue weighted by atomic mass is 10.2. The number of carbonyl (C=O) groups is 1. The molecule has 6 heteroatoms. The Kier molecular flexibility index (Phi) is 2.17. The molecule has 0 spiro atoms. The number of aromatic carboxylic acids is 1. The van der Waals surface area contributed by atoms with Crippen molar-refractivity contribution in [3.05, 3.63) is 30.2 Å². The second-order valence-corrected chi connectivity index (χ2v) is 2.96. The Labute approximate surface area is 85.2 Å². The highest BCUT2D eigenvalue weighted by Gasteiger charge is 2.18. The average Bonchev–Trinajstić information content (AvgIpc) is 2.61. The summed E-state index contributed by atoms with van der Waals surface area (Å²) in [7, 11) is 1.54. The molecule has 0 aromatic carbocycles. The molecule has 0 radical (unpaired) electrons. The number of pyridine rings is 1. The fraction of sp³-hybridized carbons (Fsp3) is 0.111. The normalized spacial score (nSPS) is 10.2. The molecule has 0 unspecified atom stereocenters. The zero-order valence-corrected chi connectivity index (χ0v) is 7.95. The van der Waals surface area contributed by atoms with Gasteiger partial charge in [0.1, 0.15) is 5.69 Å². The summed E-state index contributed by atoms with van der Waals surface area (Å²) in [6, 6.07) is 3.46. The van der Waals surface area contributed by atoms with Crippen LogP contribution in [0.4, 0.5) is 0 Å². The van der Waals surface area contributed by atoms with Gasteiger partial charge < -0.3 is 5.11 Å². The van der Waals surface area contributed by atoms with E-state index in [9.17, 15) is 4.79 Å². The van der Waals surface area contributed by atoms with E-state index in [2.05, 4.69) is 15.3 Å². The Hall–Kier alpha value is -2.24. The maximum Gasteiger partial charge on any atom is 0.356 e. The Balaban J connectivity index is 2.59. The molecule has 0 bridgehead atoms. The molecule has 0 saturated heterocycles. The number of aromatic nitrogens is 4. The average molecular weight is 204 g/mol. The third kappa shape index (κ3) is 1.56. The number of nitrogens with zero attached hydrogens (tertiary/aromatic N) is 4. The molecule has 0 aliphatic carbocycles. The zero-order chi connectivity index (χ0) is 10.8. The molecular formula is C9H8N4O2. The molecule has 2 aromatic heterocycles. The van der Waals surface area contributed by atoms with Crippen LogP contribution < -0.4 is 0 Å². The van der Waals surface area contributed by atoms with Crippen molar-refractivity contribution in [3.8, 4) is 11.3 Å². The third-order valence-electron chi connectivity index (χ3n) is 1.96. The Bertz CT molecular complexity index is 492. The smallest absolute Gasteiger partial charge is 0.356 e. The summed E-state index contributed by atoms with van der Waals surface area (Å²) >= 11 is 0. The van der Waals surface area contributed by atoms with Gasteiger partial charge in [-0.15, -0.1) is 5.10 Å². The molecule has 0 amide bonds. The molecule has 2 heterocycles. The molecule has 0 fully saturated rings. The van der Waals surface area contributed by atoms with Gasteiger partial charge in [0.05, 0.1) is 0 Å². The van der Waals surface area contributed by atoms with Gasteiger partial charge in [0.2, 0.25) is 0 Å². The van der Waals surface area contributed by atoms with Gasteiger partial charge in [-0.3, -0.25) is 4.98 Å². The van der Waals surface area contributed by atoms with E-state index in [0.29, 0.717) is 11.3 Å². The van der Waals surface area contributed by atoms with Crippen LogP contribution in [0.2, 0.25) is 0 Å². The van der Waals surface area contributed by atoms with Gasteiger partial charge in [-0.2, -0.15) is 0 Å². The Morgan fingerprint density at radius 2 is 2.33 bits per heavy atom. The van der Waals surface area contributed by atoms with Crippen molar-refractivity contribution >= 4 is 5.97 Å². The van der Waals surface area contributed by atoms with E-state index in [0.717, 1.165) is 0 Å². The quantitative estimate of drug-likeness (QED) is 0.773. The molecule has 15 heavy (non-hydrogen) atoms. The minimum Gasteiger partial charge on any atom is -0.476 e. The molecule has 0 saturated carbocycles. The number of rotatable bonds is 2. The Morgan fingerprint density at radius 3 is 2.93 bits per heavy atom. The van der Waals surface area contributed by atoms with E-state index < -0.39 is 5.97 Å². The van der Waals surface area contributed by atoms with Crippen LogP contribution in [0.25, 0.3) is 11.3 Å². The van der Waals surface area contributed by atoms with Crippen molar-refractivity contribution in [2.45, 2.75) is 0 Å². The van der Waals surface area contributed by atoms with Gasteiger partial charge in [-0.25, -0.2) is 9.48 Å². The molecule has 2 aromatic rings. The second kappa shape index (κ2) is 3.49. The van der Waals surface area contributed by atoms with E-state index in [1.54, 1.807) is 24.5 Å². The molecule has 1 N–H and O–H groups in total. The van der Waals surface area contributed by atoms with Crippen molar-refractivity contribution in [2.24, 2.45) is 7.05 Å². The van der Waals surface area contributed by atoms with Crippen LogP contribution in [-0.4, -0.2) is 31.1 Å². The van der Waals surface area contributed by atoms with Crippen LogP contribution in [-0.2, 0) is 7.05 Å². The SMILES string of the molecule is Cn1nnc(-c2cccnc2)c1C(=O)O. The number of carboxylic acid groups (broad SMARTS) is 1. The summed E-state index contributed by atoms with van der Waals surface area (Å²) < 4.78 is 1.23. The van der Waals surface area contributed by atoms with E-state index in [-0.39, 0.29) is 5.69 Å². The van der Waals surface area contributed by atoms with Crippen molar-refractivity contribution in [2.75, 3.05) is 0 Å². The van der Waals surface area contributed by atoms with Gasteiger partial charge in [0, 0.05) is 25.0 Å². The minimum absolute atomic E-state index is 0.0583. The number of carboxylic acids is 1. The van der Waals surface area contributed by atoms with E-state index in [1.807, 2.05) is 0 Å². The maximum atomic E-state index is 11.0. The highest BCUT2D eigenvalue weighted by atomic mass is 16.4. The lowest BCUT2D eigenvalue weighted by Gasteiger charge is -1.97. The largest absolute Gasteiger partial charge is 0.476 e. The third-order valence-corrected chi connectivity index (χ3v) is 1.96. The van der Waals surface area contributed by atoms with Gasteiger partial charge >= 0.3 is 5.97 Å². The van der Waals surface area contributed by atoms with Crippen LogP contribution in [0.15, 0.2) is 24.5 Å². The first-order valence-corrected chi connectivity index (χ1v) is 4.23. The number of hydrogen-bond acceptors (Lipinski definition) is 4. The molecule has 0 aliphatic rings. The van der Waals surface area contributed by atoms with Crippen molar-refractivity contribution in [1.29, 1.82) is 0 Å². The monoisotopic (exact) mass is 204 g/mol. The molecular weight excluding hydrogens is 196 g/mol. The van der Waals surface area contributed by atoms with Crippen molar-refractivity contribution in [3.63, 3.8) is 0 Å². The van der Waals surface area contributed by atoms with Gasteiger partial charge in [-0.1, -0.05) is 5.21 Å².